The van der Waals surface area contributed by atoms with Crippen molar-refractivity contribution in [3.8, 4) is 0 Å². The Hall–Kier alpha value is -9.29. The molecule has 0 heterocycles. The van der Waals surface area contributed by atoms with E-state index in [0.29, 0.717) is 115 Å². The first-order valence-electron chi connectivity index (χ1n) is 44.8. The highest BCUT2D eigenvalue weighted by Crippen LogP contribution is 2.65. The molecule has 0 aromatic heterocycles. The second kappa shape index (κ2) is 42.5. The highest BCUT2D eigenvalue weighted by molar-refractivity contribution is 6.03. The Morgan fingerprint density at radius 2 is 0.648 bits per heavy atom. The molecule has 125 heavy (non-hydrogen) atoms. The van der Waals surface area contributed by atoms with Crippen molar-refractivity contribution in [3.63, 3.8) is 0 Å². The average molecular weight is 1740 g/mol. The Morgan fingerprint density at radius 3 is 0.912 bits per heavy atom. The fourth-order valence-electron chi connectivity index (χ4n) is 24.9. The number of fused-ring (bicyclic) bond motifs is 12. The van der Waals surface area contributed by atoms with Crippen LogP contribution >= 0.6 is 0 Å². The van der Waals surface area contributed by atoms with Crippen LogP contribution < -0.4 is 21.3 Å². The number of carbonyl (C=O) groups is 17. The van der Waals surface area contributed by atoms with Crippen LogP contribution in [-0.4, -0.2) is 154 Å². The molecule has 5 N–H and O–H groups in total. The standard InChI is InChI=1S/C26H33NO4.C23H33NO6.C23H35NO4.C21H31NO5.3CO2/c1-16-4-6-17(7-5-16)15-27-23(31)12-13-25(2)21(29)10-8-18-19-9-11-22(30)26(19,3)14-20(28)24(18)25;1-13(11-20(29)30-4)24-19(28)9-10-22(2)17(26)7-5-14-15-6-8-18(27)23(15,3)12-16(25)21(14)22;1-13(2)14(3)24-20(28)10-11-22(4)18(26)8-6-15-16-7-9-19(27)23(16,5)12-17(25)21(15)22;1-12(11-23)22-18(27)8-9-20(2)16(25)6-4-13-14-5-7-17(26)21(14,3)10-15(24)19(13)20;3*2-1-3/h4-7,18-19,24H,8-15H2,1-3H3,(H,27,31);13-15,21H,5-12H2,1-4H3,(H,24,28);13-16,21H,6-12H2,1-5H3,(H,24,28);12-14,19,23H,4-11H2,1-3H3,(H,22,27);;;/t18-,19-,24+,25-,26-;13-,14+,15+,21-,22+,23+;14-,15+,16+,21-,22+,23+;12-,13+,14+,19-,20+,21+;;;/m0111.../s1. The summed E-state index contributed by atoms with van der Waals surface area (Å²) < 4.78 is 4.61. The van der Waals surface area contributed by atoms with E-state index >= 15 is 0 Å². The predicted molar refractivity (Wildman–Crippen MR) is 446 cm³/mol. The van der Waals surface area contributed by atoms with Gasteiger partial charge in [0.15, 0.2) is 0 Å². The van der Waals surface area contributed by atoms with E-state index in [-0.39, 0.29) is 259 Å². The van der Waals surface area contributed by atoms with Crippen LogP contribution in [0.4, 0.5) is 0 Å². The highest BCUT2D eigenvalue weighted by atomic mass is 16.5. The zero-order chi connectivity index (χ0) is 93.6. The van der Waals surface area contributed by atoms with Crippen LogP contribution in [0.5, 0.6) is 0 Å². The van der Waals surface area contributed by atoms with Crippen molar-refractivity contribution in [3.05, 3.63) is 35.4 Å². The van der Waals surface area contributed by atoms with Gasteiger partial charge in [-0.05, 0) is 164 Å². The van der Waals surface area contributed by atoms with Gasteiger partial charge in [0.05, 0.1) is 20.1 Å². The predicted octanol–water partition coefficient (Wildman–Crippen LogP) is 9.91. The fraction of sp³-hybridized carbons (Fsp3) is 0.729. The molecule has 1 aromatic rings. The smallest absolute Gasteiger partial charge is 0.373 e. The van der Waals surface area contributed by atoms with Gasteiger partial charge >= 0.3 is 24.4 Å². The Morgan fingerprint density at radius 1 is 0.392 bits per heavy atom. The molecule has 0 saturated heterocycles. The van der Waals surface area contributed by atoms with Crippen LogP contribution in [-0.2, 0) is 122 Å². The number of aryl methyl sites for hydroxylation is 1. The number of rotatable bonds is 21. The van der Waals surface area contributed by atoms with Crippen LogP contribution in [0.2, 0.25) is 0 Å². The number of amides is 4. The van der Waals surface area contributed by atoms with E-state index in [1.165, 1.54) is 12.7 Å². The molecule has 12 saturated carbocycles. The number of ketones is 12. The molecule has 29 nitrogen and oxygen atoms in total. The van der Waals surface area contributed by atoms with Gasteiger partial charge in [0.2, 0.25) is 23.6 Å². The Labute approximate surface area is 732 Å². The first-order valence-corrected chi connectivity index (χ1v) is 44.8. The molecule has 0 aliphatic heterocycles. The number of methoxy groups -OCH3 is 1. The zero-order valence-electron chi connectivity index (χ0n) is 75.7. The molecule has 686 valence electrons. The maximum absolute atomic E-state index is 13.3. The summed E-state index contributed by atoms with van der Waals surface area (Å²) >= 11 is 0. The maximum atomic E-state index is 13.3. The second-order valence-electron chi connectivity index (χ2n) is 40.1. The second-order valence-corrected chi connectivity index (χ2v) is 40.1. The Balaban J connectivity index is 0.000000222. The average Bonchev–Trinajstić information content (AvgIpc) is 1.69. The summed E-state index contributed by atoms with van der Waals surface area (Å²) in [6.45, 7) is 27.1. The molecular formula is C96H132N4O25. The van der Waals surface area contributed by atoms with Crippen LogP contribution in [0.1, 0.15) is 287 Å². The molecule has 12 aliphatic carbocycles. The lowest BCUT2D eigenvalue weighted by Gasteiger charge is -2.53. The minimum Gasteiger partial charge on any atom is -0.469 e. The topological polar surface area (TPSA) is 470 Å². The van der Waals surface area contributed by atoms with E-state index in [0.717, 1.165) is 31.2 Å². The molecular weight excluding hydrogens is 1610 g/mol. The highest BCUT2D eigenvalue weighted by Gasteiger charge is 2.68. The normalized spacial score (nSPS) is 35.0. The molecule has 0 bridgehead atoms. The molecule has 0 spiro atoms. The molecule has 12 aliphatic rings. The van der Waals surface area contributed by atoms with Gasteiger partial charge in [-0.3, -0.25) is 81.5 Å². The van der Waals surface area contributed by atoms with E-state index in [2.05, 4.69) is 39.9 Å². The number of hydrogen-bond donors (Lipinski definition) is 5. The molecule has 29 heteroatoms. The summed E-state index contributed by atoms with van der Waals surface area (Å²) in [5.74, 6) is 0.0522. The quantitative estimate of drug-likeness (QED) is 0.0714. The van der Waals surface area contributed by atoms with Crippen molar-refractivity contribution >= 4 is 117 Å². The monoisotopic (exact) mass is 1740 g/mol. The van der Waals surface area contributed by atoms with Crippen molar-refractivity contribution in [1.82, 2.24) is 21.3 Å². The van der Waals surface area contributed by atoms with E-state index in [1.807, 2.05) is 93.5 Å². The first kappa shape index (κ1) is 103. The van der Waals surface area contributed by atoms with Crippen molar-refractivity contribution in [2.45, 2.75) is 308 Å². The number of benzene rings is 1. The summed E-state index contributed by atoms with van der Waals surface area (Å²) in [5.41, 5.74) is -3.35. The summed E-state index contributed by atoms with van der Waals surface area (Å²) in [7, 11) is 1.30. The first-order chi connectivity index (χ1) is 58.5. The Kier molecular flexibility index (Phi) is 35.0. The summed E-state index contributed by atoms with van der Waals surface area (Å²) in [6, 6.07) is 7.39. The maximum Gasteiger partial charge on any atom is 0.373 e. The number of aliphatic hydroxyl groups excluding tert-OH is 1. The summed E-state index contributed by atoms with van der Waals surface area (Å²) in [6.07, 6.45) is 13.8. The Bertz CT molecular complexity index is 4390. The van der Waals surface area contributed by atoms with Gasteiger partial charge < -0.3 is 31.1 Å². The third kappa shape index (κ3) is 21.9. The zero-order valence-corrected chi connectivity index (χ0v) is 75.7. The molecule has 23 atom stereocenters. The van der Waals surface area contributed by atoms with Crippen molar-refractivity contribution in [2.75, 3.05) is 13.7 Å². The van der Waals surface area contributed by atoms with E-state index in [9.17, 15) is 81.5 Å². The third-order valence-corrected chi connectivity index (χ3v) is 32.3. The van der Waals surface area contributed by atoms with Crippen molar-refractivity contribution in [2.24, 2.45) is 120 Å². The number of esters is 1. The number of Topliss-reactive ketones (excluding diaryl/α,β-unsaturated/α-hetero) is 12. The lowest BCUT2D eigenvalue weighted by Crippen LogP contribution is -2.56. The van der Waals surface area contributed by atoms with Gasteiger partial charge in [0, 0.05) is 194 Å². The summed E-state index contributed by atoms with van der Waals surface area (Å²) in [4.78, 5) is 264. The third-order valence-electron chi connectivity index (χ3n) is 32.3. The molecule has 0 unspecified atom stereocenters. The van der Waals surface area contributed by atoms with Crippen molar-refractivity contribution < 1.29 is 120 Å². The fourth-order valence-corrected chi connectivity index (χ4v) is 24.9. The minimum absolute atomic E-state index is 0.00372. The molecule has 12 fully saturated rings. The van der Waals surface area contributed by atoms with Gasteiger partial charge in [0.25, 0.3) is 0 Å². The van der Waals surface area contributed by atoms with Crippen LogP contribution in [0.3, 0.4) is 0 Å². The van der Waals surface area contributed by atoms with Gasteiger partial charge in [-0.25, -0.2) is 0 Å². The SMILES string of the molecule is CC(C)[C@@H](C)NC(=O)CC[C@@]1(C)C(=O)CC[C@@H]2[C@@H]1C(=O)C[C@]1(C)C(=O)CC[C@@H]21.COC(=O)C[C@@H](C)NC(=O)CC[C@@]1(C)C(=O)CC[C@@H]2[C@@H]1C(=O)C[C@]1(C)C(=O)CC[C@@H]21.C[C@H](CO)NC(=O)CC[C@@]1(C)C(=O)CC[C@@H]2[C@@H]1C(=O)C[C@]1(C)C(=O)CC[C@@H]21.Cc1ccc(CNC(=O)CC[C@@]2(C)C(=O)CC[C@@H]3[C@@H]2C(=O)C[C@]2(C)C(=O)CC[C@@H]32)cc1.O=C=O.O=C=O.O=C=O. The molecule has 0 radical (unpaired) electrons. The van der Waals surface area contributed by atoms with E-state index in [4.69, 9.17) is 33.9 Å². The van der Waals surface area contributed by atoms with Gasteiger partial charge in [-0.15, -0.1) is 0 Å². The van der Waals surface area contributed by atoms with Crippen molar-refractivity contribution in [1.29, 1.82) is 0 Å². The van der Waals surface area contributed by atoms with Gasteiger partial charge in [-0.2, -0.15) is 28.8 Å². The molecule has 1 aromatic carbocycles. The van der Waals surface area contributed by atoms with Gasteiger partial charge in [-0.1, -0.05) is 99.1 Å². The number of aliphatic hydroxyl groups is 1. The number of hydrogen-bond acceptors (Lipinski definition) is 25. The minimum atomic E-state index is -0.879. The van der Waals surface area contributed by atoms with Crippen LogP contribution in [0, 0.1) is 127 Å². The summed E-state index contributed by atoms with van der Waals surface area (Å²) in [5, 5.41) is 20.5. The lowest BCUT2D eigenvalue weighted by molar-refractivity contribution is -0.193. The number of carbonyl (C=O) groups excluding carboxylic acids is 23. The van der Waals surface area contributed by atoms with Crippen LogP contribution in [0.25, 0.3) is 0 Å². The van der Waals surface area contributed by atoms with E-state index < -0.39 is 55.2 Å². The number of nitrogens with one attached hydrogen (secondary N) is 4. The molecule has 4 amide bonds. The largest absolute Gasteiger partial charge is 0.469 e. The molecule has 13 rings (SSSR count). The lowest BCUT2D eigenvalue weighted by atomic mass is 9.48. The van der Waals surface area contributed by atoms with Crippen LogP contribution in [0.15, 0.2) is 24.3 Å². The van der Waals surface area contributed by atoms with E-state index in [1.54, 1.807) is 13.8 Å². The van der Waals surface area contributed by atoms with Gasteiger partial charge in [0.1, 0.15) is 69.4 Å². The number of ether oxygens (including phenoxy) is 1.